The molecule has 2 aliphatic carbocycles. The second-order valence-corrected chi connectivity index (χ2v) is 19.0. The first-order valence-corrected chi connectivity index (χ1v) is 24.9. The van der Waals surface area contributed by atoms with Crippen molar-refractivity contribution in [1.29, 1.82) is 0 Å². The topological polar surface area (TPSA) is 291 Å². The number of nitrogens with zero attached hydrogens (tertiary/aromatic N) is 6. The molecule has 78 heavy (non-hydrogen) atoms. The van der Waals surface area contributed by atoms with Crippen molar-refractivity contribution in [3.8, 4) is 0 Å². The molecule has 2 fully saturated rings. The number of amides is 7. The number of carbonyl (C=O) groups is 6. The first kappa shape index (κ1) is 57.5. The minimum absolute atomic E-state index is 0. The summed E-state index contributed by atoms with van der Waals surface area (Å²) in [4.78, 5) is 91.4. The van der Waals surface area contributed by atoms with E-state index in [4.69, 9.17) is 34.0 Å². The molecular weight excluding hydrogens is 1080 g/mol. The molecule has 2 aliphatic heterocycles. The Hall–Kier alpha value is -8.25. The van der Waals surface area contributed by atoms with Crippen LogP contribution in [0.4, 0.5) is 30.0 Å². The zero-order valence-electron chi connectivity index (χ0n) is 41.8. The highest BCUT2D eigenvalue weighted by Gasteiger charge is 2.32. The fourth-order valence-corrected chi connectivity index (χ4v) is 9.57. The summed E-state index contributed by atoms with van der Waals surface area (Å²) in [5, 5.41) is 17.5. The van der Waals surface area contributed by atoms with Crippen LogP contribution >= 0.6 is 35.6 Å². The Balaban J connectivity index is 0.000000198. The second-order valence-electron chi connectivity index (χ2n) is 18.2. The van der Waals surface area contributed by atoms with E-state index in [1.165, 1.54) is 30.5 Å². The number of aromatic nitrogens is 4. The number of aryl methyl sites for hydroxylation is 2. The summed E-state index contributed by atoms with van der Waals surface area (Å²) >= 11 is 12.3. The van der Waals surface area contributed by atoms with E-state index >= 15 is 0 Å². The van der Waals surface area contributed by atoms with Crippen LogP contribution in [-0.4, -0.2) is 110 Å². The molecule has 6 heterocycles. The van der Waals surface area contributed by atoms with Gasteiger partial charge in [-0.1, -0.05) is 47.5 Å². The lowest BCUT2D eigenvalue weighted by atomic mass is 9.96. The maximum atomic E-state index is 14.6. The number of hydrogen-bond donors (Lipinski definition) is 9. The maximum Gasteiger partial charge on any atom is 0.337 e. The Labute approximate surface area is 461 Å². The van der Waals surface area contributed by atoms with Crippen LogP contribution in [0.25, 0.3) is 0 Å². The van der Waals surface area contributed by atoms with Crippen molar-refractivity contribution in [2.45, 2.75) is 62.7 Å². The summed E-state index contributed by atoms with van der Waals surface area (Å²) in [6.45, 7) is 1.39. The highest BCUT2D eigenvalue weighted by molar-refractivity contribution is 6.33. The number of halogens is 5. The smallest absolute Gasteiger partial charge is 0.337 e. The number of likely N-dealkylation sites (N-methyl/N-ethyl adjacent to an activating group) is 2. The third kappa shape index (κ3) is 13.5. The van der Waals surface area contributed by atoms with Crippen LogP contribution < -0.4 is 43.4 Å². The van der Waals surface area contributed by atoms with E-state index in [1.54, 1.807) is 72.9 Å². The predicted molar refractivity (Wildman–Crippen MR) is 287 cm³/mol. The summed E-state index contributed by atoms with van der Waals surface area (Å²) in [6, 6.07) is 12.7. The predicted octanol–water partition coefficient (Wildman–Crippen LogP) is 5.82. The minimum atomic E-state index is -1.17. The highest BCUT2D eigenvalue weighted by atomic mass is 35.5. The van der Waals surface area contributed by atoms with Crippen molar-refractivity contribution in [1.82, 2.24) is 56.5 Å². The number of pyridine rings is 4. The molecule has 4 aromatic heterocycles. The second kappa shape index (κ2) is 25.7. The zero-order valence-corrected chi connectivity index (χ0v) is 44.1. The lowest BCUT2D eigenvalue weighted by Crippen LogP contribution is -2.42. The standard InChI is InChI=1S/C26H25ClFN7O3.C21H17ClFN5O3.C5H10N2O.ClH/c1-35-10-8-21(25(35)37)31-24(36)15-11-19(27)23(30-12-15)33-34-26(38)32-22-17-3-2-4-20(28)16(17)6-5-14-7-9-29-13-18(14)22;22-16-8-12(20(29)30)9-25-19(16)27-28-21(31)26-18-14-2-1-3-17(23)13(14)5-4-11-6-7-24-10-15(11)18;1-7-3-2-4(6)5(7)8;/h2-4,7,9,11-13,21-22H,5-6,8,10H2,1H3,(H,30,33)(H,31,36)(H2,32,34,38);1-3,6-10,18H,4-5H2,(H,25,27)(H,29,30)(H2,26,28,31);4H,2-3,6H2,1H3;1H/t;;4-;/m..1./s1. The maximum absolute atomic E-state index is 14.6. The number of hydrazine groups is 2. The summed E-state index contributed by atoms with van der Waals surface area (Å²) in [5.74, 6) is -2.17. The van der Waals surface area contributed by atoms with Gasteiger partial charge in [-0.05, 0) is 108 Å². The molecule has 10 rings (SSSR count). The zero-order chi connectivity index (χ0) is 54.9. The molecule has 0 bridgehead atoms. The number of carboxylic acids is 1. The number of nitrogens with one attached hydrogen (secondary N) is 7. The molecule has 10 N–H and O–H groups in total. The number of carbonyl (C=O) groups excluding carboxylic acids is 5. The number of hydrogen-bond acceptors (Lipinski definition) is 13. The lowest BCUT2D eigenvalue weighted by Gasteiger charge is -2.22. The lowest BCUT2D eigenvalue weighted by molar-refractivity contribution is -0.128. The van der Waals surface area contributed by atoms with E-state index < -0.39 is 42.1 Å². The minimum Gasteiger partial charge on any atom is -0.478 e. The molecule has 4 aliphatic rings. The van der Waals surface area contributed by atoms with Gasteiger partial charge in [0.05, 0.1) is 39.3 Å². The van der Waals surface area contributed by atoms with E-state index in [2.05, 4.69) is 57.6 Å². The van der Waals surface area contributed by atoms with E-state index in [0.717, 1.165) is 41.4 Å². The van der Waals surface area contributed by atoms with E-state index in [1.807, 2.05) is 12.1 Å². The van der Waals surface area contributed by atoms with Gasteiger partial charge in [-0.25, -0.2) is 33.1 Å². The van der Waals surface area contributed by atoms with Gasteiger partial charge in [-0.3, -0.25) is 46.1 Å². The SMILES string of the molecule is CN1CCC(NC(=O)c2cnc(NNC(=O)NC3c4cnccc4CCc4c(F)cccc43)c(Cl)c2)C1=O.CN1CC[C@@H](N)C1=O.Cl.O=C(NNc1ncc(C(=O)O)cc1Cl)NC1c2cnccc2CCc2c(F)cccc21. The molecule has 21 nitrogen and oxygen atoms in total. The molecule has 3 unspecified atom stereocenters. The molecule has 0 radical (unpaired) electrons. The number of likely N-dealkylation sites (tertiary alicyclic amines) is 2. The Bertz CT molecular complexity index is 3240. The number of aromatic carboxylic acids is 1. The van der Waals surface area contributed by atoms with Gasteiger partial charge in [-0.2, -0.15) is 0 Å². The first-order chi connectivity index (χ1) is 37.0. The quantitative estimate of drug-likeness (QED) is 0.0772. The van der Waals surface area contributed by atoms with Gasteiger partial charge >= 0.3 is 18.0 Å². The summed E-state index contributed by atoms with van der Waals surface area (Å²) in [7, 11) is 3.45. The monoisotopic (exact) mass is 1130 g/mol. The fraction of sp³-hybridized carbons (Fsp3) is 0.269. The molecule has 4 atom stereocenters. The van der Waals surface area contributed by atoms with Gasteiger partial charge in [0, 0.05) is 75.5 Å². The van der Waals surface area contributed by atoms with Crippen LogP contribution in [0, 0.1) is 11.6 Å². The Morgan fingerprint density at radius 3 is 1.54 bits per heavy atom. The van der Waals surface area contributed by atoms with Gasteiger partial charge in [-0.15, -0.1) is 12.4 Å². The van der Waals surface area contributed by atoms with Gasteiger partial charge in [0.15, 0.2) is 11.6 Å². The van der Waals surface area contributed by atoms with Gasteiger partial charge < -0.3 is 36.6 Å². The fourth-order valence-electron chi connectivity index (χ4n) is 9.15. The van der Waals surface area contributed by atoms with Crippen molar-refractivity contribution in [2.75, 3.05) is 38.0 Å². The summed E-state index contributed by atoms with van der Waals surface area (Å²) in [5.41, 5.74) is 21.5. The third-order valence-electron chi connectivity index (χ3n) is 13.3. The Morgan fingerprint density at radius 2 is 1.12 bits per heavy atom. The number of fused-ring (bicyclic) bond motifs is 4. The first-order valence-electron chi connectivity index (χ1n) is 24.1. The van der Waals surface area contributed by atoms with Crippen molar-refractivity contribution in [3.05, 3.63) is 175 Å². The Morgan fingerprint density at radius 1 is 0.641 bits per heavy atom. The average Bonchev–Trinajstić information content (AvgIpc) is 3.82. The molecule has 2 saturated heterocycles. The molecular formula is C52H53Cl3F2N14O7. The molecule has 0 saturated carbocycles. The molecule has 6 aromatic rings. The molecule has 2 aromatic carbocycles. The number of rotatable bonds is 9. The van der Waals surface area contributed by atoms with Gasteiger partial charge in [0.2, 0.25) is 11.8 Å². The van der Waals surface area contributed by atoms with Crippen molar-refractivity contribution >= 4 is 83.0 Å². The van der Waals surface area contributed by atoms with Crippen molar-refractivity contribution in [3.63, 3.8) is 0 Å². The summed E-state index contributed by atoms with van der Waals surface area (Å²) < 4.78 is 29.1. The Kier molecular flexibility index (Phi) is 19.0. The number of anilines is 2. The number of carboxylic acid groups (broad SMARTS) is 1. The highest BCUT2D eigenvalue weighted by Crippen LogP contribution is 2.35. The number of urea groups is 2. The van der Waals surface area contributed by atoms with Crippen LogP contribution in [0.15, 0.2) is 97.8 Å². The van der Waals surface area contributed by atoms with Crippen LogP contribution in [0.1, 0.15) is 90.1 Å². The number of nitrogens with two attached hydrogens (primary N) is 1. The number of benzene rings is 2. The summed E-state index contributed by atoms with van der Waals surface area (Å²) in [6.07, 6.45) is 12.7. The van der Waals surface area contributed by atoms with Crippen molar-refractivity contribution in [2.24, 2.45) is 5.73 Å². The van der Waals surface area contributed by atoms with Crippen LogP contribution in [0.3, 0.4) is 0 Å². The molecule has 408 valence electrons. The van der Waals surface area contributed by atoms with Gasteiger partial charge in [0.25, 0.3) is 5.91 Å². The van der Waals surface area contributed by atoms with Crippen LogP contribution in [0.2, 0.25) is 10.0 Å². The van der Waals surface area contributed by atoms with E-state index in [9.17, 15) is 37.5 Å². The van der Waals surface area contributed by atoms with Gasteiger partial charge in [0.1, 0.15) is 17.7 Å². The van der Waals surface area contributed by atoms with E-state index in [-0.39, 0.29) is 74.7 Å². The molecule has 0 spiro atoms. The largest absolute Gasteiger partial charge is 0.478 e. The van der Waals surface area contributed by atoms with Crippen LogP contribution in [0.5, 0.6) is 0 Å². The van der Waals surface area contributed by atoms with E-state index in [0.29, 0.717) is 60.9 Å². The normalized spacial score (nSPS) is 17.7. The molecule has 26 heteroatoms. The third-order valence-corrected chi connectivity index (χ3v) is 13.8. The average molecular weight is 1130 g/mol. The van der Waals surface area contributed by atoms with Crippen LogP contribution in [-0.2, 0) is 35.3 Å². The van der Waals surface area contributed by atoms with Crippen molar-refractivity contribution < 1.29 is 42.7 Å². The molecule has 7 amide bonds.